The first-order valence-corrected chi connectivity index (χ1v) is 12.1. The van der Waals surface area contributed by atoms with E-state index >= 15 is 0 Å². The number of aliphatic hydroxyl groups is 1. The van der Waals surface area contributed by atoms with Gasteiger partial charge < -0.3 is 5.11 Å². The van der Waals surface area contributed by atoms with Gasteiger partial charge in [0.15, 0.2) is 0 Å². The molecule has 0 unspecified atom stereocenters. The summed E-state index contributed by atoms with van der Waals surface area (Å²) in [4.78, 5) is 13.0. The number of carbonyl (C=O) groups excluding carboxylic acids is 1. The number of anilines is 1. The Hall–Kier alpha value is -2.04. The third-order valence-corrected chi connectivity index (χ3v) is 8.17. The Labute approximate surface area is 192 Å². The van der Waals surface area contributed by atoms with Crippen LogP contribution in [0.5, 0.6) is 0 Å². The summed E-state index contributed by atoms with van der Waals surface area (Å²) in [6.45, 7) is 3.99. The van der Waals surface area contributed by atoms with Gasteiger partial charge in [0.25, 0.3) is 5.91 Å². The van der Waals surface area contributed by atoms with E-state index in [9.17, 15) is 17.6 Å². The zero-order chi connectivity index (χ0) is 23.6. The second-order valence-corrected chi connectivity index (χ2v) is 10.4. The summed E-state index contributed by atoms with van der Waals surface area (Å²) < 4.78 is 41.8. The summed E-state index contributed by atoms with van der Waals surface area (Å²) in [7, 11) is -3.81. The maximum atomic E-state index is 13.8. The Kier molecular flexibility index (Phi) is 7.57. The van der Waals surface area contributed by atoms with Crippen molar-refractivity contribution < 1.29 is 22.7 Å². The Morgan fingerprint density at radius 2 is 1.88 bits per heavy atom. The lowest BCUT2D eigenvalue weighted by molar-refractivity contribution is 0.0986. The molecule has 2 aromatic carbocycles. The van der Waals surface area contributed by atoms with Crippen LogP contribution in [0.4, 0.5) is 10.1 Å². The fraction of sp³-hybridized carbons (Fsp3) is 0.409. The molecule has 0 radical (unpaired) electrons. The fourth-order valence-electron chi connectivity index (χ4n) is 3.87. The first-order valence-electron chi connectivity index (χ1n) is 10.3. The van der Waals surface area contributed by atoms with Gasteiger partial charge >= 0.3 is 0 Å². The van der Waals surface area contributed by atoms with E-state index in [4.69, 9.17) is 22.6 Å². The molecule has 1 aliphatic rings. The van der Waals surface area contributed by atoms with Gasteiger partial charge in [-0.3, -0.25) is 4.79 Å². The number of aryl methyl sites for hydroxylation is 2. The lowest BCUT2D eigenvalue weighted by Crippen LogP contribution is -2.39. The van der Waals surface area contributed by atoms with Crippen molar-refractivity contribution in [1.82, 2.24) is 4.31 Å². The molecule has 1 saturated heterocycles. The van der Waals surface area contributed by atoms with Gasteiger partial charge in [0.2, 0.25) is 10.0 Å². The largest absolute Gasteiger partial charge is 0.396 e. The molecule has 1 aliphatic heterocycles. The van der Waals surface area contributed by atoms with Crippen molar-refractivity contribution >= 4 is 33.2 Å². The first-order chi connectivity index (χ1) is 15.1. The van der Waals surface area contributed by atoms with Crippen LogP contribution in [0, 0.1) is 25.6 Å². The molecule has 1 heterocycles. The molecule has 7 nitrogen and oxygen atoms in total. The molecule has 1 fully saturated rings. The highest BCUT2D eigenvalue weighted by molar-refractivity contribution is 7.89. The van der Waals surface area contributed by atoms with E-state index in [1.807, 2.05) is 0 Å². The Morgan fingerprint density at radius 1 is 1.22 bits per heavy atom. The monoisotopic (exact) mass is 483 g/mol. The average molecular weight is 484 g/mol. The van der Waals surface area contributed by atoms with Crippen molar-refractivity contribution in [3.05, 3.63) is 57.9 Å². The van der Waals surface area contributed by atoms with Crippen molar-refractivity contribution in [3.8, 4) is 0 Å². The smallest absolute Gasteiger partial charge is 0.272 e. The number of halogens is 2. The minimum Gasteiger partial charge on any atom is -0.396 e. The molecule has 3 N–H and O–H groups in total. The molecule has 3 rings (SSSR count). The summed E-state index contributed by atoms with van der Waals surface area (Å²) in [5.41, 5.74) is 1.02. The highest BCUT2D eigenvalue weighted by Gasteiger charge is 2.31. The van der Waals surface area contributed by atoms with Crippen LogP contribution in [0.25, 0.3) is 0 Å². The molecule has 0 saturated carbocycles. The van der Waals surface area contributed by atoms with E-state index in [1.165, 1.54) is 35.5 Å². The van der Waals surface area contributed by atoms with Crippen LogP contribution in [0.3, 0.4) is 0 Å². The summed E-state index contributed by atoms with van der Waals surface area (Å²) in [6, 6.07) is 7.02. The van der Waals surface area contributed by atoms with Gasteiger partial charge in [0.05, 0.1) is 15.6 Å². The van der Waals surface area contributed by atoms with Crippen LogP contribution in [-0.4, -0.2) is 43.4 Å². The van der Waals surface area contributed by atoms with Crippen LogP contribution in [-0.2, 0) is 10.0 Å². The highest BCUT2D eigenvalue weighted by Crippen LogP contribution is 2.29. The van der Waals surface area contributed by atoms with Crippen molar-refractivity contribution in [2.45, 2.75) is 38.0 Å². The summed E-state index contributed by atoms with van der Waals surface area (Å²) in [6.07, 6.45) is 2.02. The maximum absolute atomic E-state index is 13.8. The van der Waals surface area contributed by atoms with Crippen LogP contribution < -0.4 is 10.9 Å². The molecule has 0 atom stereocenters. The van der Waals surface area contributed by atoms with E-state index in [0.29, 0.717) is 43.8 Å². The molecule has 0 spiro atoms. The number of amides is 1. The van der Waals surface area contributed by atoms with Crippen LogP contribution in [0.1, 0.15) is 40.7 Å². The predicted molar refractivity (Wildman–Crippen MR) is 122 cm³/mol. The zero-order valence-corrected chi connectivity index (χ0v) is 19.6. The van der Waals surface area contributed by atoms with E-state index < -0.39 is 21.7 Å². The normalized spacial score (nSPS) is 15.7. The second-order valence-electron chi connectivity index (χ2n) is 8.07. The maximum Gasteiger partial charge on any atom is 0.272 e. The van der Waals surface area contributed by atoms with E-state index in [-0.39, 0.29) is 33.3 Å². The van der Waals surface area contributed by atoms with Gasteiger partial charge in [-0.25, -0.2) is 23.7 Å². The van der Waals surface area contributed by atoms with Crippen molar-refractivity contribution in [3.63, 3.8) is 0 Å². The quantitative estimate of drug-likeness (QED) is 0.372. The minimum atomic E-state index is -3.81. The van der Waals surface area contributed by atoms with Crippen molar-refractivity contribution in [1.29, 1.82) is 0 Å². The van der Waals surface area contributed by atoms with E-state index in [2.05, 4.69) is 0 Å². The number of aliphatic hydroxyl groups excluding tert-OH is 1. The molecular weight excluding hydrogens is 457 g/mol. The number of hydrogen-bond acceptors (Lipinski definition) is 5. The Bertz CT molecular complexity index is 1100. The van der Waals surface area contributed by atoms with Gasteiger partial charge in [-0.15, -0.1) is 0 Å². The molecule has 2 aromatic rings. The first kappa shape index (κ1) is 24.6. The van der Waals surface area contributed by atoms with Crippen LogP contribution in [0.15, 0.2) is 35.2 Å². The molecule has 174 valence electrons. The molecule has 0 aromatic heterocycles. The summed E-state index contributed by atoms with van der Waals surface area (Å²) in [5, 5.41) is 9.76. The van der Waals surface area contributed by atoms with Crippen molar-refractivity contribution in [2.24, 2.45) is 11.8 Å². The minimum absolute atomic E-state index is 0.0469. The average Bonchev–Trinajstić information content (AvgIpc) is 2.77. The van der Waals surface area contributed by atoms with Gasteiger partial charge in [-0.2, -0.15) is 4.31 Å². The zero-order valence-electron chi connectivity index (χ0n) is 18.0. The fourth-order valence-corrected chi connectivity index (χ4v) is 5.86. The second kappa shape index (κ2) is 9.84. The van der Waals surface area contributed by atoms with Crippen LogP contribution in [0.2, 0.25) is 5.02 Å². The van der Waals surface area contributed by atoms with Crippen molar-refractivity contribution in [2.75, 3.05) is 24.7 Å². The number of carbonyl (C=O) groups is 1. The lowest BCUT2D eigenvalue weighted by Gasteiger charge is -2.31. The molecule has 32 heavy (non-hydrogen) atoms. The van der Waals surface area contributed by atoms with Gasteiger partial charge in [-0.1, -0.05) is 17.7 Å². The van der Waals surface area contributed by atoms with E-state index in [0.717, 1.165) is 5.01 Å². The summed E-state index contributed by atoms with van der Waals surface area (Å²) >= 11 is 5.87. The molecule has 0 bridgehead atoms. The topological polar surface area (TPSA) is 104 Å². The number of nitrogens with zero attached hydrogens (tertiary/aromatic N) is 2. The van der Waals surface area contributed by atoms with E-state index in [1.54, 1.807) is 13.0 Å². The Balaban J connectivity index is 1.87. The number of sulfonamides is 1. The molecular formula is C22H27ClFN3O4S. The number of hydrogen-bond donors (Lipinski definition) is 2. The standard InChI is InChI=1S/C22H27ClFN3O4S/c1-14-3-4-17(22(29)27(25)18-11-15(2)21(24)19(23)13-18)12-20(14)32(30,31)26-8-5-16(6-9-26)7-10-28/h3-4,11-13,16,28H,5-10,25H2,1-2H3. The number of hydrazine groups is 1. The highest BCUT2D eigenvalue weighted by atomic mass is 35.5. The van der Waals surface area contributed by atoms with Crippen LogP contribution >= 0.6 is 11.6 Å². The lowest BCUT2D eigenvalue weighted by atomic mass is 9.95. The number of nitrogens with two attached hydrogens (primary N) is 1. The van der Waals surface area contributed by atoms with Gasteiger partial charge in [0, 0.05) is 25.3 Å². The number of rotatable bonds is 6. The molecule has 1 amide bonds. The van der Waals surface area contributed by atoms with Gasteiger partial charge in [-0.05, 0) is 74.4 Å². The summed E-state index contributed by atoms with van der Waals surface area (Å²) in [5.74, 6) is 5.02. The Morgan fingerprint density at radius 3 is 2.47 bits per heavy atom. The van der Waals surface area contributed by atoms with Gasteiger partial charge in [0.1, 0.15) is 5.82 Å². The molecule has 10 heteroatoms. The third kappa shape index (κ3) is 4.97. The SMILES string of the molecule is Cc1ccc(C(=O)N(N)c2cc(C)c(F)c(Cl)c2)cc1S(=O)(=O)N1CCC(CCO)CC1. The number of benzene rings is 2. The number of piperidine rings is 1. The predicted octanol–water partition coefficient (Wildman–Crippen LogP) is 3.40. The molecule has 0 aliphatic carbocycles. The third-order valence-electron chi connectivity index (χ3n) is 5.86.